The van der Waals surface area contributed by atoms with E-state index < -0.39 is 5.41 Å². The average Bonchev–Trinajstić information content (AvgIpc) is 3.71. The maximum Gasteiger partial charge on any atom is 0.235 e. The molecule has 6 aromatic carbocycles. The molecule has 0 bridgehead atoms. The van der Waals surface area contributed by atoms with E-state index in [9.17, 15) is 0 Å². The molecule has 3 nitrogen and oxygen atoms in total. The molecule has 0 unspecified atom stereocenters. The van der Waals surface area contributed by atoms with Crippen LogP contribution in [0.1, 0.15) is 22.3 Å². The largest absolute Gasteiger partial charge is 0.285 e. The smallest absolute Gasteiger partial charge is 0.235 e. The monoisotopic (exact) mass is 587 g/mol. The van der Waals surface area contributed by atoms with Crippen LogP contribution in [0.4, 0.5) is 0 Å². The van der Waals surface area contributed by atoms with E-state index in [4.69, 9.17) is 9.97 Å². The highest BCUT2D eigenvalue weighted by Gasteiger charge is 2.46. The second-order valence-corrected chi connectivity index (χ2v) is 11.8. The van der Waals surface area contributed by atoms with Crippen molar-refractivity contribution in [2.75, 3.05) is 0 Å². The van der Waals surface area contributed by atoms with Crippen LogP contribution in [0.2, 0.25) is 0 Å². The Balaban J connectivity index is 1.31. The lowest BCUT2D eigenvalue weighted by Gasteiger charge is -2.33. The fourth-order valence-corrected chi connectivity index (χ4v) is 7.39. The van der Waals surface area contributed by atoms with E-state index in [1.807, 2.05) is 12.1 Å². The van der Waals surface area contributed by atoms with Crippen molar-refractivity contribution < 1.29 is 0 Å². The van der Waals surface area contributed by atoms with Crippen LogP contribution in [0.25, 0.3) is 50.5 Å². The Kier molecular flexibility index (Phi) is 6.04. The van der Waals surface area contributed by atoms with Crippen molar-refractivity contribution in [1.29, 1.82) is 0 Å². The van der Waals surface area contributed by atoms with E-state index in [1.165, 1.54) is 38.8 Å². The van der Waals surface area contributed by atoms with Gasteiger partial charge in [-0.15, -0.1) is 0 Å². The summed E-state index contributed by atoms with van der Waals surface area (Å²) in [5, 5.41) is 1.19. The van der Waals surface area contributed by atoms with Gasteiger partial charge in [-0.3, -0.25) is 4.57 Å². The van der Waals surface area contributed by atoms with Gasteiger partial charge in [-0.1, -0.05) is 152 Å². The molecular formula is C43H29N3. The Morgan fingerprint density at radius 3 is 1.57 bits per heavy atom. The molecule has 0 saturated carbocycles. The summed E-state index contributed by atoms with van der Waals surface area (Å²) >= 11 is 0. The first-order valence-corrected chi connectivity index (χ1v) is 15.7. The standard InChI is InChI=1S/C43H29N3/c1-5-15-30(16-6-1)38-29-39(31-17-7-2-8-18-31)45-42(44-38)46-28-27-35-40(46)26-25-37-41(35)34-23-13-14-24-36(34)43(37,32-19-9-3-10-20-32)33-21-11-4-12-22-33/h1-29H. The van der Waals surface area contributed by atoms with Gasteiger partial charge in [-0.05, 0) is 51.6 Å². The molecule has 2 heterocycles. The molecular weight excluding hydrogens is 558 g/mol. The van der Waals surface area contributed by atoms with Crippen molar-refractivity contribution in [3.63, 3.8) is 0 Å². The zero-order valence-corrected chi connectivity index (χ0v) is 25.1. The Hall–Kier alpha value is -6.06. The molecule has 46 heavy (non-hydrogen) atoms. The Morgan fingerprint density at radius 1 is 0.457 bits per heavy atom. The molecule has 8 aromatic rings. The number of hydrogen-bond donors (Lipinski definition) is 0. The van der Waals surface area contributed by atoms with Gasteiger partial charge in [0.15, 0.2) is 0 Å². The second-order valence-electron chi connectivity index (χ2n) is 11.8. The molecule has 0 saturated heterocycles. The lowest BCUT2D eigenvalue weighted by atomic mass is 9.67. The van der Waals surface area contributed by atoms with Crippen molar-refractivity contribution in [1.82, 2.24) is 14.5 Å². The maximum absolute atomic E-state index is 5.14. The van der Waals surface area contributed by atoms with E-state index in [1.54, 1.807) is 0 Å². The molecule has 1 aliphatic rings. The molecule has 0 spiro atoms. The summed E-state index contributed by atoms with van der Waals surface area (Å²) < 4.78 is 2.14. The third-order valence-corrected chi connectivity index (χ3v) is 9.36. The maximum atomic E-state index is 5.14. The van der Waals surface area contributed by atoms with Crippen LogP contribution in [-0.2, 0) is 5.41 Å². The van der Waals surface area contributed by atoms with Crippen LogP contribution in [-0.4, -0.2) is 14.5 Å². The van der Waals surface area contributed by atoms with Crippen LogP contribution in [0.3, 0.4) is 0 Å². The van der Waals surface area contributed by atoms with Crippen LogP contribution < -0.4 is 0 Å². The first kappa shape index (κ1) is 26.4. The normalized spacial score (nSPS) is 13.0. The van der Waals surface area contributed by atoms with Gasteiger partial charge in [0, 0.05) is 22.7 Å². The third kappa shape index (κ3) is 3.92. The van der Waals surface area contributed by atoms with Crippen molar-refractivity contribution in [2.45, 2.75) is 5.41 Å². The van der Waals surface area contributed by atoms with Gasteiger partial charge >= 0.3 is 0 Å². The predicted octanol–water partition coefficient (Wildman–Crippen LogP) is 10.1. The third-order valence-electron chi connectivity index (χ3n) is 9.36. The minimum absolute atomic E-state index is 0.436. The molecule has 0 radical (unpaired) electrons. The van der Waals surface area contributed by atoms with E-state index in [2.05, 4.69) is 168 Å². The van der Waals surface area contributed by atoms with E-state index in [0.29, 0.717) is 5.95 Å². The first-order valence-electron chi connectivity index (χ1n) is 15.7. The minimum atomic E-state index is -0.436. The van der Waals surface area contributed by atoms with E-state index >= 15 is 0 Å². The summed E-state index contributed by atoms with van der Waals surface area (Å²) in [6, 6.07) is 60.3. The lowest BCUT2D eigenvalue weighted by Crippen LogP contribution is -2.28. The van der Waals surface area contributed by atoms with Crippen LogP contribution in [0, 0.1) is 0 Å². The second kappa shape index (κ2) is 10.5. The fraction of sp³-hybridized carbons (Fsp3) is 0.0233. The van der Waals surface area contributed by atoms with Crippen molar-refractivity contribution >= 4 is 10.9 Å². The van der Waals surface area contributed by atoms with Crippen LogP contribution in [0.15, 0.2) is 176 Å². The zero-order valence-electron chi connectivity index (χ0n) is 25.1. The summed E-state index contributed by atoms with van der Waals surface area (Å²) in [6.07, 6.45) is 2.12. The van der Waals surface area contributed by atoms with Crippen LogP contribution >= 0.6 is 0 Å². The number of benzene rings is 6. The Labute approximate surface area is 268 Å². The topological polar surface area (TPSA) is 30.7 Å². The molecule has 0 aliphatic heterocycles. The number of hydrogen-bond acceptors (Lipinski definition) is 2. The van der Waals surface area contributed by atoms with E-state index in [-0.39, 0.29) is 0 Å². The SMILES string of the molecule is c1ccc(-c2cc(-c3ccccc3)nc(-n3ccc4c5c(ccc43)C(c3ccccc3)(c3ccccc3)c3ccccc3-5)n2)cc1. The number of fused-ring (bicyclic) bond motifs is 5. The quantitative estimate of drug-likeness (QED) is 0.201. The van der Waals surface area contributed by atoms with Crippen molar-refractivity contribution in [3.8, 4) is 39.6 Å². The van der Waals surface area contributed by atoms with Crippen LogP contribution in [0.5, 0.6) is 0 Å². The lowest BCUT2D eigenvalue weighted by molar-refractivity contribution is 0.769. The van der Waals surface area contributed by atoms with Crippen molar-refractivity contribution in [3.05, 3.63) is 198 Å². The van der Waals surface area contributed by atoms with E-state index in [0.717, 1.165) is 28.0 Å². The molecule has 0 N–H and O–H groups in total. The molecule has 2 aromatic heterocycles. The minimum Gasteiger partial charge on any atom is -0.285 e. The highest BCUT2D eigenvalue weighted by Crippen LogP contribution is 2.57. The first-order chi connectivity index (χ1) is 22.8. The average molecular weight is 588 g/mol. The summed E-state index contributed by atoms with van der Waals surface area (Å²) in [4.78, 5) is 10.3. The molecule has 1 aliphatic carbocycles. The van der Waals surface area contributed by atoms with Crippen molar-refractivity contribution in [2.24, 2.45) is 0 Å². The predicted molar refractivity (Wildman–Crippen MR) is 187 cm³/mol. The van der Waals surface area contributed by atoms with Gasteiger partial charge in [0.25, 0.3) is 0 Å². The fourth-order valence-electron chi connectivity index (χ4n) is 7.39. The molecule has 9 rings (SSSR count). The number of nitrogens with zero attached hydrogens (tertiary/aromatic N) is 3. The number of rotatable bonds is 5. The summed E-state index contributed by atoms with van der Waals surface area (Å²) in [7, 11) is 0. The van der Waals surface area contributed by atoms with Gasteiger partial charge in [0.1, 0.15) is 0 Å². The Bertz CT molecular complexity index is 2240. The highest BCUT2D eigenvalue weighted by atomic mass is 15.1. The summed E-state index contributed by atoms with van der Waals surface area (Å²) in [5.41, 5.74) is 12.2. The molecule has 0 atom stereocenters. The molecule has 0 fully saturated rings. The summed E-state index contributed by atoms with van der Waals surface area (Å²) in [6.45, 7) is 0. The summed E-state index contributed by atoms with van der Waals surface area (Å²) in [5.74, 6) is 0.652. The van der Waals surface area contributed by atoms with Gasteiger partial charge in [0.2, 0.25) is 5.95 Å². The molecule has 216 valence electrons. The van der Waals surface area contributed by atoms with Gasteiger partial charge < -0.3 is 0 Å². The zero-order chi connectivity index (χ0) is 30.5. The van der Waals surface area contributed by atoms with Gasteiger partial charge in [0.05, 0.1) is 22.3 Å². The molecule has 0 amide bonds. The highest BCUT2D eigenvalue weighted by molar-refractivity contribution is 6.03. The van der Waals surface area contributed by atoms with Gasteiger partial charge in [-0.2, -0.15) is 0 Å². The Morgan fingerprint density at radius 2 is 0.978 bits per heavy atom. The number of aromatic nitrogens is 3. The molecule has 3 heteroatoms. The van der Waals surface area contributed by atoms with Gasteiger partial charge in [-0.25, -0.2) is 9.97 Å².